The van der Waals surface area contributed by atoms with Crippen LogP contribution in [-0.2, 0) is 28.7 Å². The number of esters is 2. The fourth-order valence-corrected chi connectivity index (χ4v) is 2.56. The minimum absolute atomic E-state index is 0.113. The van der Waals surface area contributed by atoms with E-state index in [2.05, 4.69) is 11.0 Å². The minimum atomic E-state index is -0.990. The fraction of sp³-hybridized carbons (Fsp3) is 0.583. The summed E-state index contributed by atoms with van der Waals surface area (Å²) in [7, 11) is 0. The number of carbonyl (C=O) groups is 4. The highest BCUT2D eigenvalue weighted by Crippen LogP contribution is 2.15. The zero-order valence-electron chi connectivity index (χ0n) is 21.1. The Morgan fingerprint density at radius 3 is 1.88 bits per heavy atom. The van der Waals surface area contributed by atoms with Crippen molar-refractivity contribution < 1.29 is 38.3 Å². The van der Waals surface area contributed by atoms with E-state index in [-0.39, 0.29) is 17.0 Å². The first kappa shape index (κ1) is 29.1. The van der Waals surface area contributed by atoms with E-state index in [0.717, 1.165) is 0 Å². The average molecular weight is 481 g/mol. The number of ether oxygens (including phenoxy) is 2. The molecule has 0 radical (unpaired) electrons. The van der Waals surface area contributed by atoms with Crippen LogP contribution >= 0.6 is 0 Å². The first-order valence-corrected chi connectivity index (χ1v) is 11.0. The van der Waals surface area contributed by atoms with E-state index in [4.69, 9.17) is 19.1 Å². The molecule has 0 heterocycles. The molecule has 0 unspecified atom stereocenters. The van der Waals surface area contributed by atoms with Crippen LogP contribution in [0.2, 0.25) is 0 Å². The highest BCUT2D eigenvalue weighted by molar-refractivity contribution is 5.99. The van der Waals surface area contributed by atoms with E-state index < -0.39 is 47.7 Å². The second-order valence-electron chi connectivity index (χ2n) is 10.1. The SMILES string of the molecule is CC(C)C[C@@H](ONC(=O)c1cccc(C(=O)NOCC(=O)OC(C)(C)C)c1)C(=O)OC(C)(C)C. The lowest BCUT2D eigenvalue weighted by molar-refractivity contribution is -0.173. The standard InChI is InChI=1S/C24H36N2O8/c1-15(2)12-18(22(30)33-24(6,7)8)34-26-21(29)17-11-9-10-16(13-17)20(28)25-31-14-19(27)32-23(3,4)5/h9-11,13,15,18H,12,14H2,1-8H3,(H,25,28)(H,26,29)/t18-/m1/s1. The van der Waals surface area contributed by atoms with E-state index in [1.165, 1.54) is 24.3 Å². The maximum absolute atomic E-state index is 12.5. The molecule has 0 aromatic heterocycles. The van der Waals surface area contributed by atoms with Gasteiger partial charge in [-0.2, -0.15) is 0 Å². The van der Waals surface area contributed by atoms with Crippen LogP contribution in [0.1, 0.15) is 82.5 Å². The van der Waals surface area contributed by atoms with E-state index in [9.17, 15) is 19.2 Å². The lowest BCUT2D eigenvalue weighted by Gasteiger charge is -2.24. The molecule has 0 fully saturated rings. The van der Waals surface area contributed by atoms with Gasteiger partial charge in [0.05, 0.1) is 0 Å². The first-order valence-electron chi connectivity index (χ1n) is 11.0. The fourth-order valence-electron chi connectivity index (χ4n) is 2.56. The molecule has 0 aliphatic carbocycles. The molecular formula is C24H36N2O8. The quantitative estimate of drug-likeness (QED) is 0.386. The van der Waals surface area contributed by atoms with Gasteiger partial charge in [0.25, 0.3) is 11.8 Å². The Hall–Kier alpha value is -2.98. The monoisotopic (exact) mass is 480 g/mol. The number of nitrogens with one attached hydrogen (secondary N) is 2. The first-order chi connectivity index (χ1) is 15.6. The van der Waals surface area contributed by atoms with Gasteiger partial charge < -0.3 is 9.47 Å². The molecule has 0 aliphatic rings. The predicted octanol–water partition coefficient (Wildman–Crippen LogP) is 3.11. The summed E-state index contributed by atoms with van der Waals surface area (Å²) in [5, 5.41) is 0. The zero-order chi connectivity index (χ0) is 26.1. The van der Waals surface area contributed by atoms with Gasteiger partial charge >= 0.3 is 11.9 Å². The molecule has 1 aromatic carbocycles. The van der Waals surface area contributed by atoms with Gasteiger partial charge in [0.2, 0.25) is 0 Å². The Labute approximate surface area is 200 Å². The molecule has 0 saturated heterocycles. The van der Waals surface area contributed by atoms with Crippen LogP contribution in [-0.4, -0.2) is 47.7 Å². The molecular weight excluding hydrogens is 444 g/mol. The Morgan fingerprint density at radius 2 is 1.38 bits per heavy atom. The topological polar surface area (TPSA) is 129 Å². The highest BCUT2D eigenvalue weighted by atomic mass is 16.7. The number of carbonyl (C=O) groups excluding carboxylic acids is 4. The van der Waals surface area contributed by atoms with Gasteiger partial charge in [-0.25, -0.2) is 20.5 Å². The third-order valence-corrected chi connectivity index (χ3v) is 3.81. The number of amides is 2. The van der Waals surface area contributed by atoms with Gasteiger partial charge in [-0.1, -0.05) is 19.9 Å². The number of hydroxylamine groups is 2. The maximum atomic E-state index is 12.5. The Bertz CT molecular complexity index is 868. The summed E-state index contributed by atoms with van der Waals surface area (Å²) < 4.78 is 10.4. The van der Waals surface area contributed by atoms with Crippen molar-refractivity contribution in [2.45, 2.75) is 79.1 Å². The molecule has 0 spiro atoms. The van der Waals surface area contributed by atoms with Gasteiger partial charge in [-0.3, -0.25) is 19.3 Å². The number of hydrogen-bond acceptors (Lipinski definition) is 8. The third kappa shape index (κ3) is 11.8. The van der Waals surface area contributed by atoms with Gasteiger partial charge in [-0.05, 0) is 72.1 Å². The lowest BCUT2D eigenvalue weighted by Crippen LogP contribution is -2.39. The summed E-state index contributed by atoms with van der Waals surface area (Å²) in [6.07, 6.45) is -0.650. The van der Waals surface area contributed by atoms with Crippen molar-refractivity contribution in [2.24, 2.45) is 5.92 Å². The van der Waals surface area contributed by atoms with E-state index >= 15 is 0 Å². The maximum Gasteiger partial charge on any atom is 0.338 e. The van der Waals surface area contributed by atoms with Crippen molar-refractivity contribution in [2.75, 3.05) is 6.61 Å². The summed E-state index contributed by atoms with van der Waals surface area (Å²) in [5.74, 6) is -2.43. The van der Waals surface area contributed by atoms with Gasteiger partial charge in [-0.15, -0.1) is 0 Å². The molecule has 1 rings (SSSR count). The van der Waals surface area contributed by atoms with Crippen LogP contribution in [0.4, 0.5) is 0 Å². The average Bonchev–Trinajstić information content (AvgIpc) is 2.67. The molecule has 10 nitrogen and oxygen atoms in total. The number of rotatable bonds is 10. The zero-order valence-corrected chi connectivity index (χ0v) is 21.1. The van der Waals surface area contributed by atoms with Crippen LogP contribution in [0.3, 0.4) is 0 Å². The molecule has 2 N–H and O–H groups in total. The minimum Gasteiger partial charge on any atom is -0.458 e. The number of benzene rings is 1. The van der Waals surface area contributed by atoms with Crippen LogP contribution in [0.15, 0.2) is 24.3 Å². The van der Waals surface area contributed by atoms with Crippen molar-refractivity contribution >= 4 is 23.8 Å². The Kier molecular flexibility index (Phi) is 10.7. The molecule has 0 bridgehead atoms. The van der Waals surface area contributed by atoms with E-state index in [0.29, 0.717) is 6.42 Å². The molecule has 34 heavy (non-hydrogen) atoms. The summed E-state index contributed by atoms with van der Waals surface area (Å²) in [6.45, 7) is 13.7. The molecule has 190 valence electrons. The molecule has 1 aromatic rings. The largest absolute Gasteiger partial charge is 0.458 e. The van der Waals surface area contributed by atoms with Crippen molar-refractivity contribution in [1.82, 2.24) is 11.0 Å². The van der Waals surface area contributed by atoms with Crippen LogP contribution in [0, 0.1) is 5.92 Å². The van der Waals surface area contributed by atoms with Crippen LogP contribution in [0.25, 0.3) is 0 Å². The molecule has 10 heteroatoms. The van der Waals surface area contributed by atoms with Crippen LogP contribution < -0.4 is 11.0 Å². The van der Waals surface area contributed by atoms with Crippen molar-refractivity contribution in [3.63, 3.8) is 0 Å². The lowest BCUT2D eigenvalue weighted by atomic mass is 10.1. The highest BCUT2D eigenvalue weighted by Gasteiger charge is 2.28. The molecule has 0 aliphatic heterocycles. The summed E-state index contributed by atoms with van der Waals surface area (Å²) in [6, 6.07) is 5.75. The number of hydrogen-bond donors (Lipinski definition) is 2. The second-order valence-corrected chi connectivity index (χ2v) is 10.1. The predicted molar refractivity (Wildman–Crippen MR) is 123 cm³/mol. The van der Waals surface area contributed by atoms with Crippen molar-refractivity contribution in [1.29, 1.82) is 0 Å². The van der Waals surface area contributed by atoms with Crippen LogP contribution in [0.5, 0.6) is 0 Å². The molecule has 1 atom stereocenters. The van der Waals surface area contributed by atoms with Gasteiger partial charge in [0.15, 0.2) is 12.7 Å². The molecule has 2 amide bonds. The van der Waals surface area contributed by atoms with Gasteiger partial charge in [0.1, 0.15) is 11.2 Å². The van der Waals surface area contributed by atoms with E-state index in [1.54, 1.807) is 41.5 Å². The third-order valence-electron chi connectivity index (χ3n) is 3.81. The second kappa shape index (κ2) is 12.5. The Balaban J connectivity index is 2.71. The Morgan fingerprint density at radius 1 is 0.853 bits per heavy atom. The molecule has 0 saturated carbocycles. The summed E-state index contributed by atoms with van der Waals surface area (Å²) in [5.41, 5.74) is 3.23. The van der Waals surface area contributed by atoms with Crippen molar-refractivity contribution in [3.8, 4) is 0 Å². The smallest absolute Gasteiger partial charge is 0.338 e. The summed E-state index contributed by atoms with van der Waals surface area (Å²) >= 11 is 0. The van der Waals surface area contributed by atoms with E-state index in [1.807, 2.05) is 13.8 Å². The normalized spacial score (nSPS) is 12.6. The van der Waals surface area contributed by atoms with Gasteiger partial charge in [0, 0.05) is 11.1 Å². The van der Waals surface area contributed by atoms with Crippen molar-refractivity contribution in [3.05, 3.63) is 35.4 Å². The summed E-state index contributed by atoms with van der Waals surface area (Å²) in [4.78, 5) is 59.1.